The van der Waals surface area contributed by atoms with E-state index in [1.165, 1.54) is 0 Å². The summed E-state index contributed by atoms with van der Waals surface area (Å²) in [6, 6.07) is 6.85. The monoisotopic (exact) mass is 420 g/mol. The Hall–Kier alpha value is -2.67. The second kappa shape index (κ2) is 6.66. The molecule has 3 fully saturated rings. The highest BCUT2D eigenvalue weighted by Gasteiger charge is 2.64. The number of hydrogen-bond donors (Lipinski definition) is 1. The van der Waals surface area contributed by atoms with Gasteiger partial charge in [0.15, 0.2) is 0 Å². The van der Waals surface area contributed by atoms with Crippen LogP contribution in [0, 0.1) is 19.8 Å². The number of nitrogens with zero attached hydrogens (tertiary/aromatic N) is 3. The van der Waals surface area contributed by atoms with Crippen molar-refractivity contribution in [3.63, 3.8) is 0 Å². The summed E-state index contributed by atoms with van der Waals surface area (Å²) in [5.41, 5.74) is 4.84. The molecule has 2 saturated carbocycles. The molecule has 1 aliphatic heterocycles. The normalized spacial score (nSPS) is 29.9. The van der Waals surface area contributed by atoms with Crippen LogP contribution < -0.4 is 5.32 Å². The second-order valence-electron chi connectivity index (χ2n) is 9.50. The number of imidazole rings is 1. The van der Waals surface area contributed by atoms with Crippen LogP contribution in [-0.2, 0) is 15.1 Å². The van der Waals surface area contributed by atoms with Crippen LogP contribution in [0.1, 0.15) is 61.8 Å². The number of rotatable bonds is 4. The zero-order valence-electron chi connectivity index (χ0n) is 18.3. The Balaban J connectivity index is 1.48. The van der Waals surface area contributed by atoms with Crippen LogP contribution >= 0.6 is 0 Å². The molecule has 2 aromatic heterocycles. The third-order valence-corrected chi connectivity index (χ3v) is 7.65. The molecule has 162 valence electrons. The first kappa shape index (κ1) is 19.0. The van der Waals surface area contributed by atoms with Gasteiger partial charge in [0.05, 0.1) is 22.8 Å². The SMILES string of the molecule is COC1CCC(n2c([C@]34C[C@H]3CC(=O)N4)nc3cc(-c4c(C)noc4C)ccc32)CC1. The molecular formula is C24H28N4O3. The Bertz CT molecular complexity index is 1170. The van der Waals surface area contributed by atoms with E-state index in [1.54, 1.807) is 7.11 Å². The Morgan fingerprint density at radius 3 is 2.68 bits per heavy atom. The lowest BCUT2D eigenvalue weighted by atomic mass is 9.92. The van der Waals surface area contributed by atoms with Crippen molar-refractivity contribution in [2.75, 3.05) is 7.11 Å². The standard InChI is InChI=1S/C24H28N4O3/c1-13-22(14(2)31-27-13)15-4-9-20-19(10-15)25-23(24-12-16(24)11-21(29)26-24)28(20)17-5-7-18(30-3)8-6-17/h4,9-10,16-18H,5-8,11-12H2,1-3H3,(H,26,29)/t16-,17?,18?,24+/m1/s1. The van der Waals surface area contributed by atoms with E-state index in [9.17, 15) is 4.79 Å². The fraction of sp³-hybridized carbons (Fsp3) is 0.542. The van der Waals surface area contributed by atoms with Gasteiger partial charge in [-0.15, -0.1) is 0 Å². The van der Waals surface area contributed by atoms with Crippen molar-refractivity contribution in [2.45, 2.75) is 70.1 Å². The number of methoxy groups -OCH3 is 1. The number of ether oxygens (including phenoxy) is 1. The third-order valence-electron chi connectivity index (χ3n) is 7.65. The number of nitrogens with one attached hydrogen (secondary N) is 1. The topological polar surface area (TPSA) is 82.2 Å². The summed E-state index contributed by atoms with van der Waals surface area (Å²) in [7, 11) is 1.81. The van der Waals surface area contributed by atoms with E-state index in [1.807, 2.05) is 13.8 Å². The highest BCUT2D eigenvalue weighted by Crippen LogP contribution is 2.58. The van der Waals surface area contributed by atoms with Crippen LogP contribution in [0.15, 0.2) is 22.7 Å². The zero-order chi connectivity index (χ0) is 21.3. The first-order valence-corrected chi connectivity index (χ1v) is 11.3. The summed E-state index contributed by atoms with van der Waals surface area (Å²) in [6.07, 6.45) is 6.20. The number of benzene rings is 1. The molecule has 6 rings (SSSR count). The summed E-state index contributed by atoms with van der Waals surface area (Å²) >= 11 is 0. The minimum absolute atomic E-state index is 0.148. The van der Waals surface area contributed by atoms with Gasteiger partial charge in [0.1, 0.15) is 17.1 Å². The van der Waals surface area contributed by atoms with Gasteiger partial charge in [-0.3, -0.25) is 4.79 Å². The summed E-state index contributed by atoms with van der Waals surface area (Å²) in [5.74, 6) is 2.37. The van der Waals surface area contributed by atoms with Crippen LogP contribution in [-0.4, -0.2) is 33.8 Å². The van der Waals surface area contributed by atoms with E-state index in [-0.39, 0.29) is 11.4 Å². The maximum Gasteiger partial charge on any atom is 0.221 e. The van der Waals surface area contributed by atoms with Gasteiger partial charge in [-0.2, -0.15) is 0 Å². The molecule has 0 spiro atoms. The third kappa shape index (κ3) is 2.79. The number of fused-ring (bicyclic) bond motifs is 2. The van der Waals surface area contributed by atoms with E-state index < -0.39 is 0 Å². The molecule has 1 amide bonds. The lowest BCUT2D eigenvalue weighted by Crippen LogP contribution is -2.34. The first-order chi connectivity index (χ1) is 15.0. The summed E-state index contributed by atoms with van der Waals surface area (Å²) in [5, 5.41) is 7.38. The van der Waals surface area contributed by atoms with Crippen molar-refractivity contribution >= 4 is 16.9 Å². The molecule has 3 heterocycles. The van der Waals surface area contributed by atoms with Crippen molar-refractivity contribution in [3.05, 3.63) is 35.5 Å². The van der Waals surface area contributed by atoms with Crippen molar-refractivity contribution in [1.82, 2.24) is 20.0 Å². The predicted octanol–water partition coefficient (Wildman–Crippen LogP) is 4.17. The molecule has 7 nitrogen and oxygen atoms in total. The fourth-order valence-corrected chi connectivity index (χ4v) is 5.96. The molecule has 2 aliphatic carbocycles. The number of piperidine rings is 1. The highest BCUT2D eigenvalue weighted by molar-refractivity contribution is 5.86. The molecule has 0 unspecified atom stereocenters. The van der Waals surface area contributed by atoms with E-state index in [2.05, 4.69) is 33.2 Å². The fourth-order valence-electron chi connectivity index (χ4n) is 5.96. The maximum atomic E-state index is 12.1. The number of hydrogen-bond acceptors (Lipinski definition) is 5. The summed E-state index contributed by atoms with van der Waals surface area (Å²) < 4.78 is 13.4. The van der Waals surface area contributed by atoms with Crippen molar-refractivity contribution in [1.29, 1.82) is 0 Å². The number of aryl methyl sites for hydroxylation is 2. The molecule has 2 atom stereocenters. The smallest absolute Gasteiger partial charge is 0.221 e. The van der Waals surface area contributed by atoms with Gasteiger partial charge in [0.2, 0.25) is 5.91 Å². The molecular weight excluding hydrogens is 392 g/mol. The summed E-state index contributed by atoms with van der Waals surface area (Å²) in [4.78, 5) is 17.3. The van der Waals surface area contributed by atoms with Crippen LogP contribution in [0.25, 0.3) is 22.2 Å². The van der Waals surface area contributed by atoms with Gasteiger partial charge in [-0.05, 0) is 63.6 Å². The second-order valence-corrected chi connectivity index (χ2v) is 9.50. The Morgan fingerprint density at radius 2 is 2.03 bits per heavy atom. The van der Waals surface area contributed by atoms with Crippen LogP contribution in [0.2, 0.25) is 0 Å². The van der Waals surface area contributed by atoms with Crippen LogP contribution in [0.5, 0.6) is 0 Å². The first-order valence-electron chi connectivity index (χ1n) is 11.3. The number of amides is 1. The Morgan fingerprint density at radius 1 is 1.23 bits per heavy atom. The Kier molecular flexibility index (Phi) is 4.09. The zero-order valence-corrected chi connectivity index (χ0v) is 18.3. The Labute approximate surface area is 181 Å². The van der Waals surface area contributed by atoms with Crippen LogP contribution in [0.3, 0.4) is 0 Å². The molecule has 1 aromatic carbocycles. The molecule has 3 aliphatic rings. The summed E-state index contributed by atoms with van der Waals surface area (Å²) in [6.45, 7) is 3.91. The molecule has 0 radical (unpaired) electrons. The average molecular weight is 421 g/mol. The molecule has 0 bridgehead atoms. The predicted molar refractivity (Wildman–Crippen MR) is 116 cm³/mol. The number of carbonyl (C=O) groups excluding carboxylic acids is 1. The minimum Gasteiger partial charge on any atom is -0.381 e. The van der Waals surface area contributed by atoms with E-state index in [0.29, 0.717) is 24.5 Å². The van der Waals surface area contributed by atoms with Crippen LogP contribution in [0.4, 0.5) is 0 Å². The molecule has 1 N–H and O–H groups in total. The van der Waals surface area contributed by atoms with E-state index >= 15 is 0 Å². The quantitative estimate of drug-likeness (QED) is 0.685. The van der Waals surface area contributed by atoms with Gasteiger partial charge in [0, 0.05) is 31.1 Å². The van der Waals surface area contributed by atoms with E-state index in [0.717, 1.165) is 71.5 Å². The highest BCUT2D eigenvalue weighted by atomic mass is 16.5. The van der Waals surface area contributed by atoms with Gasteiger partial charge >= 0.3 is 0 Å². The van der Waals surface area contributed by atoms with Gasteiger partial charge < -0.3 is 19.1 Å². The molecule has 3 aromatic rings. The van der Waals surface area contributed by atoms with Crippen molar-refractivity contribution < 1.29 is 14.1 Å². The van der Waals surface area contributed by atoms with Gasteiger partial charge in [-0.25, -0.2) is 4.98 Å². The number of carbonyl (C=O) groups is 1. The van der Waals surface area contributed by atoms with E-state index in [4.69, 9.17) is 14.2 Å². The lowest BCUT2D eigenvalue weighted by Gasteiger charge is -2.31. The maximum absolute atomic E-state index is 12.1. The van der Waals surface area contributed by atoms with Gasteiger partial charge in [-0.1, -0.05) is 11.2 Å². The number of aromatic nitrogens is 3. The molecule has 1 saturated heterocycles. The van der Waals surface area contributed by atoms with Crippen molar-refractivity contribution in [2.24, 2.45) is 5.92 Å². The van der Waals surface area contributed by atoms with Gasteiger partial charge in [0.25, 0.3) is 0 Å². The lowest BCUT2D eigenvalue weighted by molar-refractivity contribution is -0.120. The molecule has 31 heavy (non-hydrogen) atoms. The average Bonchev–Trinajstić information content (AvgIpc) is 3.04. The largest absolute Gasteiger partial charge is 0.381 e. The van der Waals surface area contributed by atoms with Crippen molar-refractivity contribution in [3.8, 4) is 11.1 Å². The molecule has 7 heteroatoms. The minimum atomic E-state index is -0.280.